The first-order valence-corrected chi connectivity index (χ1v) is 10.9. The molecule has 2 aromatic rings. The summed E-state index contributed by atoms with van der Waals surface area (Å²) in [6, 6.07) is 13.9. The van der Waals surface area contributed by atoms with Gasteiger partial charge in [0.2, 0.25) is 6.79 Å². The standard InChI is InChI=1S/C24H33N3O5/c1-18(2)32-21-7-5-20(6-8-21)27-24(26-12-13-29-15-14-28-3)25-11-10-19-4-9-22-23(16-19)31-17-30-22/h4-9,16,18H,10-15,17H2,1-3H3,(H2,25,26,27). The lowest BCUT2D eigenvalue weighted by atomic mass is 10.1. The Morgan fingerprint density at radius 1 is 1.03 bits per heavy atom. The predicted octanol–water partition coefficient (Wildman–Crippen LogP) is 3.47. The van der Waals surface area contributed by atoms with Crippen LogP contribution in [0.5, 0.6) is 17.2 Å². The Morgan fingerprint density at radius 2 is 1.84 bits per heavy atom. The molecule has 8 nitrogen and oxygen atoms in total. The minimum Gasteiger partial charge on any atom is -0.491 e. The summed E-state index contributed by atoms with van der Waals surface area (Å²) in [6.07, 6.45) is 0.963. The molecule has 0 aromatic heterocycles. The van der Waals surface area contributed by atoms with Crippen molar-refractivity contribution in [1.29, 1.82) is 0 Å². The quantitative estimate of drug-likeness (QED) is 0.295. The number of guanidine groups is 1. The van der Waals surface area contributed by atoms with Gasteiger partial charge >= 0.3 is 0 Å². The SMILES string of the molecule is COCCOCCN=C(NCCc1ccc2c(c1)OCO2)Nc1ccc(OC(C)C)cc1. The number of aliphatic imine (C=N–C) groups is 1. The molecular weight excluding hydrogens is 410 g/mol. The van der Waals surface area contributed by atoms with E-state index in [4.69, 9.17) is 23.7 Å². The molecule has 1 aliphatic heterocycles. The monoisotopic (exact) mass is 443 g/mol. The van der Waals surface area contributed by atoms with Crippen LogP contribution in [-0.4, -0.2) is 58.9 Å². The molecule has 1 heterocycles. The van der Waals surface area contributed by atoms with E-state index in [0.29, 0.717) is 38.9 Å². The number of hydrogen-bond donors (Lipinski definition) is 2. The van der Waals surface area contributed by atoms with Crippen molar-refractivity contribution >= 4 is 11.6 Å². The maximum Gasteiger partial charge on any atom is 0.231 e. The van der Waals surface area contributed by atoms with Gasteiger partial charge in [0.05, 0.1) is 32.5 Å². The first kappa shape index (κ1) is 23.7. The Kier molecular flexibility index (Phi) is 9.46. The summed E-state index contributed by atoms with van der Waals surface area (Å²) < 4.78 is 27.1. The number of hydrogen-bond acceptors (Lipinski definition) is 6. The summed E-state index contributed by atoms with van der Waals surface area (Å²) in [5.41, 5.74) is 2.09. The second-order valence-corrected chi connectivity index (χ2v) is 7.52. The normalized spacial score (nSPS) is 12.8. The molecule has 0 saturated heterocycles. The van der Waals surface area contributed by atoms with Crippen LogP contribution in [0.3, 0.4) is 0 Å². The molecule has 0 unspecified atom stereocenters. The number of fused-ring (bicyclic) bond motifs is 1. The molecule has 0 fully saturated rings. The fourth-order valence-corrected chi connectivity index (χ4v) is 3.05. The van der Waals surface area contributed by atoms with Gasteiger partial charge in [-0.3, -0.25) is 4.99 Å². The van der Waals surface area contributed by atoms with Crippen LogP contribution < -0.4 is 24.8 Å². The van der Waals surface area contributed by atoms with Crippen LogP contribution >= 0.6 is 0 Å². The molecule has 0 radical (unpaired) electrons. The minimum atomic E-state index is 0.141. The number of nitrogens with one attached hydrogen (secondary N) is 2. The highest BCUT2D eigenvalue weighted by Gasteiger charge is 2.13. The lowest BCUT2D eigenvalue weighted by molar-refractivity contribution is 0.0748. The average Bonchev–Trinajstić information content (AvgIpc) is 3.25. The first-order chi connectivity index (χ1) is 15.6. The van der Waals surface area contributed by atoms with Crippen molar-refractivity contribution in [3.63, 3.8) is 0 Å². The number of nitrogens with zero attached hydrogens (tertiary/aromatic N) is 1. The molecule has 8 heteroatoms. The van der Waals surface area contributed by atoms with Gasteiger partial charge in [0.1, 0.15) is 5.75 Å². The van der Waals surface area contributed by atoms with E-state index in [1.807, 2.05) is 50.2 Å². The van der Waals surface area contributed by atoms with Gasteiger partial charge in [0, 0.05) is 19.3 Å². The van der Waals surface area contributed by atoms with Gasteiger partial charge < -0.3 is 34.3 Å². The zero-order chi connectivity index (χ0) is 22.6. The van der Waals surface area contributed by atoms with Crippen LogP contribution in [0.15, 0.2) is 47.5 Å². The van der Waals surface area contributed by atoms with Crippen molar-refractivity contribution in [1.82, 2.24) is 5.32 Å². The Bertz CT molecular complexity index is 855. The molecule has 2 N–H and O–H groups in total. The smallest absolute Gasteiger partial charge is 0.231 e. The van der Waals surface area contributed by atoms with Crippen LogP contribution in [0, 0.1) is 0 Å². The molecule has 2 aromatic carbocycles. The zero-order valence-corrected chi connectivity index (χ0v) is 19.1. The number of ether oxygens (including phenoxy) is 5. The molecule has 174 valence electrons. The molecule has 0 aliphatic carbocycles. The number of anilines is 1. The van der Waals surface area contributed by atoms with Gasteiger partial charge in [0.25, 0.3) is 0 Å². The second-order valence-electron chi connectivity index (χ2n) is 7.52. The van der Waals surface area contributed by atoms with E-state index in [0.717, 1.165) is 29.4 Å². The maximum absolute atomic E-state index is 5.71. The molecule has 32 heavy (non-hydrogen) atoms. The van der Waals surface area contributed by atoms with E-state index in [1.165, 1.54) is 5.56 Å². The number of methoxy groups -OCH3 is 1. The van der Waals surface area contributed by atoms with E-state index in [9.17, 15) is 0 Å². The van der Waals surface area contributed by atoms with Gasteiger partial charge in [-0.05, 0) is 62.2 Å². The third-order valence-corrected chi connectivity index (χ3v) is 4.57. The summed E-state index contributed by atoms with van der Waals surface area (Å²) in [7, 11) is 1.66. The maximum atomic E-state index is 5.71. The van der Waals surface area contributed by atoms with E-state index in [2.05, 4.69) is 21.7 Å². The van der Waals surface area contributed by atoms with Crippen molar-refractivity contribution in [2.24, 2.45) is 4.99 Å². The van der Waals surface area contributed by atoms with E-state index in [-0.39, 0.29) is 12.9 Å². The van der Waals surface area contributed by atoms with Crippen molar-refractivity contribution in [3.8, 4) is 17.2 Å². The van der Waals surface area contributed by atoms with Crippen molar-refractivity contribution in [3.05, 3.63) is 48.0 Å². The van der Waals surface area contributed by atoms with Crippen LogP contribution in [0.4, 0.5) is 5.69 Å². The largest absolute Gasteiger partial charge is 0.491 e. The minimum absolute atomic E-state index is 0.141. The lowest BCUT2D eigenvalue weighted by Crippen LogP contribution is -2.33. The predicted molar refractivity (Wildman–Crippen MR) is 125 cm³/mol. The summed E-state index contributed by atoms with van der Waals surface area (Å²) in [4.78, 5) is 4.63. The van der Waals surface area contributed by atoms with Crippen molar-refractivity contribution < 1.29 is 23.7 Å². The second kappa shape index (κ2) is 12.8. The first-order valence-electron chi connectivity index (χ1n) is 10.9. The fourth-order valence-electron chi connectivity index (χ4n) is 3.05. The van der Waals surface area contributed by atoms with Crippen molar-refractivity contribution in [2.45, 2.75) is 26.4 Å². The Balaban J connectivity index is 1.54. The highest BCUT2D eigenvalue weighted by Crippen LogP contribution is 2.32. The van der Waals surface area contributed by atoms with E-state index in [1.54, 1.807) is 7.11 Å². The van der Waals surface area contributed by atoms with Crippen LogP contribution in [0.1, 0.15) is 19.4 Å². The molecule has 0 atom stereocenters. The topological polar surface area (TPSA) is 82.6 Å². The molecular formula is C24H33N3O5. The third kappa shape index (κ3) is 7.94. The van der Waals surface area contributed by atoms with Crippen LogP contribution in [0.25, 0.3) is 0 Å². The Labute approximate surface area is 189 Å². The fraction of sp³-hybridized carbons (Fsp3) is 0.458. The van der Waals surface area contributed by atoms with Crippen LogP contribution in [-0.2, 0) is 15.9 Å². The van der Waals surface area contributed by atoms with Gasteiger partial charge in [-0.1, -0.05) is 6.07 Å². The Hall–Kier alpha value is -2.97. The highest BCUT2D eigenvalue weighted by atomic mass is 16.7. The number of benzene rings is 2. The number of rotatable bonds is 12. The average molecular weight is 444 g/mol. The summed E-state index contributed by atoms with van der Waals surface area (Å²) in [5, 5.41) is 6.74. The summed E-state index contributed by atoms with van der Waals surface area (Å²) in [5.74, 6) is 3.13. The van der Waals surface area contributed by atoms with Crippen LogP contribution in [0.2, 0.25) is 0 Å². The molecule has 0 spiro atoms. The third-order valence-electron chi connectivity index (χ3n) is 4.57. The van der Waals surface area contributed by atoms with Gasteiger partial charge in [-0.15, -0.1) is 0 Å². The van der Waals surface area contributed by atoms with Gasteiger partial charge in [0.15, 0.2) is 17.5 Å². The van der Waals surface area contributed by atoms with E-state index < -0.39 is 0 Å². The molecule has 1 aliphatic rings. The molecule has 3 rings (SSSR count). The molecule has 0 saturated carbocycles. The summed E-state index contributed by atoms with van der Waals surface area (Å²) in [6.45, 7) is 7.22. The zero-order valence-electron chi connectivity index (χ0n) is 19.1. The Morgan fingerprint density at radius 3 is 2.62 bits per heavy atom. The lowest BCUT2D eigenvalue weighted by Gasteiger charge is -2.14. The highest BCUT2D eigenvalue weighted by molar-refractivity contribution is 5.93. The van der Waals surface area contributed by atoms with Gasteiger partial charge in [-0.25, -0.2) is 0 Å². The van der Waals surface area contributed by atoms with Crippen molar-refractivity contribution in [2.75, 3.05) is 52.1 Å². The van der Waals surface area contributed by atoms with Gasteiger partial charge in [-0.2, -0.15) is 0 Å². The molecule has 0 amide bonds. The van der Waals surface area contributed by atoms with E-state index >= 15 is 0 Å². The molecule has 0 bridgehead atoms. The summed E-state index contributed by atoms with van der Waals surface area (Å²) >= 11 is 0.